The molecule has 0 atom stereocenters. The molecule has 4 aromatic rings. The van der Waals surface area contributed by atoms with Crippen LogP contribution in [0.1, 0.15) is 28.9 Å². The number of anilines is 1. The first kappa shape index (κ1) is 21.1. The van der Waals surface area contributed by atoms with Crippen molar-refractivity contribution in [1.82, 2.24) is 15.0 Å². The van der Waals surface area contributed by atoms with Crippen LogP contribution in [-0.2, 0) is 0 Å². The van der Waals surface area contributed by atoms with Crippen molar-refractivity contribution in [3.05, 3.63) is 64.2 Å². The van der Waals surface area contributed by atoms with E-state index in [0.717, 1.165) is 42.2 Å². The first-order valence-corrected chi connectivity index (χ1v) is 12.6. The second-order valence-corrected chi connectivity index (χ2v) is 9.58. The number of rotatable bonds is 8. The SMILES string of the molecule is O=C(c1cccs1)N(CCCN1CCCC1)c1nc(-c2cc(-c3ccccc3)no2)cs1. The molecule has 32 heavy (non-hydrogen) atoms. The number of hydrogen-bond acceptors (Lipinski definition) is 7. The number of hydrogen-bond donors (Lipinski definition) is 0. The Balaban J connectivity index is 1.35. The summed E-state index contributed by atoms with van der Waals surface area (Å²) in [5, 5.41) is 8.75. The highest BCUT2D eigenvalue weighted by Gasteiger charge is 2.23. The van der Waals surface area contributed by atoms with Crippen LogP contribution >= 0.6 is 22.7 Å². The van der Waals surface area contributed by atoms with Gasteiger partial charge in [0.2, 0.25) is 0 Å². The van der Waals surface area contributed by atoms with E-state index in [1.54, 1.807) is 0 Å². The normalized spacial score (nSPS) is 14.1. The standard InChI is InChI=1S/C24H24N4O2S2/c29-23(22-10-6-15-31-22)28(14-7-13-27-11-4-5-12-27)24-25-20(17-32-24)21-16-19(26-30-21)18-8-2-1-3-9-18/h1-3,6,8-10,15-17H,4-5,7,11-14H2. The second kappa shape index (κ2) is 9.77. The van der Waals surface area contributed by atoms with Crippen molar-refractivity contribution in [3.63, 3.8) is 0 Å². The summed E-state index contributed by atoms with van der Waals surface area (Å²) >= 11 is 2.93. The Labute approximate surface area is 195 Å². The number of carbonyl (C=O) groups excluding carboxylic acids is 1. The third kappa shape index (κ3) is 4.67. The van der Waals surface area contributed by atoms with Crippen molar-refractivity contribution < 1.29 is 9.32 Å². The molecule has 4 heterocycles. The van der Waals surface area contributed by atoms with Crippen LogP contribution in [0.25, 0.3) is 22.7 Å². The fourth-order valence-corrected chi connectivity index (χ4v) is 5.43. The lowest BCUT2D eigenvalue weighted by Crippen LogP contribution is -2.33. The summed E-state index contributed by atoms with van der Waals surface area (Å²) in [5.41, 5.74) is 2.46. The largest absolute Gasteiger partial charge is 0.354 e. The summed E-state index contributed by atoms with van der Waals surface area (Å²) in [6, 6.07) is 15.6. The van der Waals surface area contributed by atoms with Gasteiger partial charge in [0.05, 0.1) is 4.88 Å². The topological polar surface area (TPSA) is 62.5 Å². The van der Waals surface area contributed by atoms with E-state index < -0.39 is 0 Å². The van der Waals surface area contributed by atoms with Gasteiger partial charge in [0.25, 0.3) is 5.91 Å². The number of aromatic nitrogens is 2. The van der Waals surface area contributed by atoms with E-state index in [1.807, 2.05) is 64.2 Å². The average Bonchev–Trinajstić information content (AvgIpc) is 3.64. The van der Waals surface area contributed by atoms with Crippen LogP contribution in [0.3, 0.4) is 0 Å². The van der Waals surface area contributed by atoms with Gasteiger partial charge in [-0.25, -0.2) is 4.98 Å². The summed E-state index contributed by atoms with van der Waals surface area (Å²) in [6.07, 6.45) is 3.47. The maximum absolute atomic E-state index is 13.2. The van der Waals surface area contributed by atoms with Gasteiger partial charge in [0, 0.05) is 23.6 Å². The highest BCUT2D eigenvalue weighted by atomic mass is 32.1. The van der Waals surface area contributed by atoms with Crippen molar-refractivity contribution >= 4 is 33.7 Å². The first-order valence-electron chi connectivity index (χ1n) is 10.8. The molecule has 1 amide bonds. The minimum absolute atomic E-state index is 0.00451. The monoisotopic (exact) mass is 464 g/mol. The minimum Gasteiger partial charge on any atom is -0.354 e. The number of likely N-dealkylation sites (tertiary alicyclic amines) is 1. The number of nitrogens with zero attached hydrogens (tertiary/aromatic N) is 4. The number of carbonyl (C=O) groups is 1. The molecular formula is C24H24N4O2S2. The maximum Gasteiger partial charge on any atom is 0.270 e. The van der Waals surface area contributed by atoms with Crippen molar-refractivity contribution in [2.75, 3.05) is 31.1 Å². The van der Waals surface area contributed by atoms with Gasteiger partial charge >= 0.3 is 0 Å². The fraction of sp³-hybridized carbons (Fsp3) is 0.292. The Morgan fingerprint density at radius 1 is 1.06 bits per heavy atom. The van der Waals surface area contributed by atoms with Crippen molar-refractivity contribution in [3.8, 4) is 22.7 Å². The minimum atomic E-state index is 0.00451. The van der Waals surface area contributed by atoms with E-state index in [0.29, 0.717) is 23.1 Å². The Morgan fingerprint density at radius 2 is 1.91 bits per heavy atom. The Bertz CT molecular complexity index is 1150. The quantitative estimate of drug-likeness (QED) is 0.337. The molecule has 1 aliphatic rings. The average molecular weight is 465 g/mol. The molecule has 0 bridgehead atoms. The molecular weight excluding hydrogens is 440 g/mol. The van der Waals surface area contributed by atoms with Crippen molar-refractivity contribution in [2.45, 2.75) is 19.3 Å². The molecule has 1 aliphatic heterocycles. The molecule has 0 radical (unpaired) electrons. The van der Waals surface area contributed by atoms with Crippen LogP contribution in [0, 0.1) is 0 Å². The van der Waals surface area contributed by atoms with Gasteiger partial charge in [-0.05, 0) is 50.3 Å². The highest BCUT2D eigenvalue weighted by molar-refractivity contribution is 7.14. The molecule has 6 nitrogen and oxygen atoms in total. The molecule has 1 fully saturated rings. The predicted molar refractivity (Wildman–Crippen MR) is 129 cm³/mol. The Morgan fingerprint density at radius 3 is 2.69 bits per heavy atom. The molecule has 0 saturated carbocycles. The van der Waals surface area contributed by atoms with E-state index in [4.69, 9.17) is 9.51 Å². The lowest BCUT2D eigenvalue weighted by atomic mass is 10.1. The van der Waals surface area contributed by atoms with Gasteiger partial charge in [0.1, 0.15) is 11.4 Å². The zero-order chi connectivity index (χ0) is 21.8. The van der Waals surface area contributed by atoms with Crippen LogP contribution in [0.4, 0.5) is 5.13 Å². The highest BCUT2D eigenvalue weighted by Crippen LogP contribution is 2.31. The van der Waals surface area contributed by atoms with Gasteiger partial charge < -0.3 is 9.42 Å². The molecule has 0 unspecified atom stereocenters. The van der Waals surface area contributed by atoms with Crippen molar-refractivity contribution in [2.24, 2.45) is 0 Å². The number of thiazole rings is 1. The van der Waals surface area contributed by atoms with Crippen LogP contribution in [-0.4, -0.2) is 47.1 Å². The zero-order valence-electron chi connectivity index (χ0n) is 17.6. The molecule has 164 valence electrons. The van der Waals surface area contributed by atoms with Gasteiger partial charge in [-0.15, -0.1) is 22.7 Å². The number of thiophene rings is 1. The molecule has 1 aromatic carbocycles. The van der Waals surface area contributed by atoms with E-state index >= 15 is 0 Å². The van der Waals surface area contributed by atoms with E-state index in [1.165, 1.54) is 35.5 Å². The van der Waals surface area contributed by atoms with Gasteiger partial charge in [-0.2, -0.15) is 0 Å². The fourth-order valence-electron chi connectivity index (χ4n) is 3.92. The summed E-state index contributed by atoms with van der Waals surface area (Å²) in [6.45, 7) is 3.98. The number of amides is 1. The maximum atomic E-state index is 13.2. The lowest BCUT2D eigenvalue weighted by Gasteiger charge is -2.21. The van der Waals surface area contributed by atoms with E-state index in [-0.39, 0.29) is 5.91 Å². The molecule has 3 aromatic heterocycles. The van der Waals surface area contributed by atoms with E-state index in [9.17, 15) is 4.79 Å². The first-order chi connectivity index (χ1) is 15.8. The molecule has 0 N–H and O–H groups in total. The summed E-state index contributed by atoms with van der Waals surface area (Å²) in [7, 11) is 0. The summed E-state index contributed by atoms with van der Waals surface area (Å²) in [5.74, 6) is 0.608. The molecule has 1 saturated heterocycles. The van der Waals surface area contributed by atoms with Crippen LogP contribution in [0.15, 0.2) is 63.8 Å². The van der Waals surface area contributed by atoms with Crippen LogP contribution in [0.5, 0.6) is 0 Å². The Hall–Kier alpha value is -2.81. The molecule has 0 spiro atoms. The van der Waals surface area contributed by atoms with Crippen LogP contribution < -0.4 is 4.90 Å². The predicted octanol–water partition coefficient (Wildman–Crippen LogP) is 5.66. The third-order valence-corrected chi connectivity index (χ3v) is 7.31. The Kier molecular flexibility index (Phi) is 6.43. The molecule has 5 rings (SSSR count). The lowest BCUT2D eigenvalue weighted by molar-refractivity contribution is 0.0989. The van der Waals surface area contributed by atoms with Crippen LogP contribution in [0.2, 0.25) is 0 Å². The van der Waals surface area contributed by atoms with E-state index in [2.05, 4.69) is 10.1 Å². The second-order valence-electron chi connectivity index (χ2n) is 7.79. The molecule has 8 heteroatoms. The summed E-state index contributed by atoms with van der Waals surface area (Å²) < 4.78 is 5.57. The van der Waals surface area contributed by atoms with Gasteiger partial charge in [0.15, 0.2) is 10.9 Å². The number of benzene rings is 1. The zero-order valence-corrected chi connectivity index (χ0v) is 19.3. The van der Waals surface area contributed by atoms with Crippen molar-refractivity contribution in [1.29, 1.82) is 0 Å². The third-order valence-electron chi connectivity index (χ3n) is 5.59. The molecule has 0 aliphatic carbocycles. The smallest absolute Gasteiger partial charge is 0.270 e. The van der Waals surface area contributed by atoms with Gasteiger partial charge in [-0.3, -0.25) is 9.69 Å². The van der Waals surface area contributed by atoms with Gasteiger partial charge in [-0.1, -0.05) is 41.6 Å². The summed E-state index contributed by atoms with van der Waals surface area (Å²) in [4.78, 5) is 23.0.